The molecule has 5 nitrogen and oxygen atoms in total. The van der Waals surface area contributed by atoms with Crippen LogP contribution < -0.4 is 5.32 Å². The minimum absolute atomic E-state index is 0.0936. The number of fused-ring (bicyclic) bond motifs is 1. The van der Waals surface area contributed by atoms with Crippen LogP contribution in [0.15, 0.2) is 0 Å². The average molecular weight is 184 g/mol. The lowest BCUT2D eigenvalue weighted by atomic mass is 10.1. The third kappa shape index (κ3) is 1.19. The Labute approximate surface area is 76.0 Å². The van der Waals surface area contributed by atoms with E-state index in [1.54, 1.807) is 4.90 Å². The van der Waals surface area contributed by atoms with Crippen molar-refractivity contribution in [2.45, 2.75) is 25.1 Å². The Morgan fingerprint density at radius 1 is 1.54 bits per heavy atom. The van der Waals surface area contributed by atoms with E-state index >= 15 is 0 Å². The highest BCUT2D eigenvalue weighted by Gasteiger charge is 2.42. The maximum atomic E-state index is 11.6. The molecule has 0 bridgehead atoms. The zero-order valence-corrected chi connectivity index (χ0v) is 7.45. The third-order valence-electron chi connectivity index (χ3n) is 2.57. The van der Waals surface area contributed by atoms with Crippen molar-refractivity contribution >= 4 is 11.8 Å². The van der Waals surface area contributed by atoms with Gasteiger partial charge < -0.3 is 15.0 Å². The number of nitrogens with zero attached hydrogens (tertiary/aromatic N) is 1. The molecule has 2 amide bonds. The second-order valence-corrected chi connectivity index (χ2v) is 3.31. The summed E-state index contributed by atoms with van der Waals surface area (Å²) in [7, 11) is 1.42. The van der Waals surface area contributed by atoms with Gasteiger partial charge in [-0.1, -0.05) is 0 Å². The Morgan fingerprint density at radius 3 is 3.00 bits per heavy atom. The zero-order valence-electron chi connectivity index (χ0n) is 7.45. The molecule has 0 aliphatic carbocycles. The monoisotopic (exact) mass is 184 g/mol. The fourth-order valence-electron chi connectivity index (χ4n) is 1.90. The van der Waals surface area contributed by atoms with E-state index in [1.807, 2.05) is 0 Å². The van der Waals surface area contributed by atoms with Crippen LogP contribution in [0.1, 0.15) is 12.8 Å². The Bertz CT molecular complexity index is 254. The van der Waals surface area contributed by atoms with Gasteiger partial charge in [0, 0.05) is 13.7 Å². The lowest BCUT2D eigenvalue weighted by Gasteiger charge is -2.33. The van der Waals surface area contributed by atoms with E-state index in [9.17, 15) is 9.59 Å². The van der Waals surface area contributed by atoms with Gasteiger partial charge in [0.15, 0.2) is 0 Å². The number of nitrogens with one attached hydrogen (secondary N) is 1. The van der Waals surface area contributed by atoms with Crippen LogP contribution in [0.4, 0.5) is 0 Å². The minimum Gasteiger partial charge on any atom is -0.353 e. The van der Waals surface area contributed by atoms with Crippen LogP contribution >= 0.6 is 0 Å². The number of ether oxygens (including phenoxy) is 1. The first-order valence-electron chi connectivity index (χ1n) is 4.37. The molecule has 2 aliphatic rings. The van der Waals surface area contributed by atoms with Gasteiger partial charge in [0.1, 0.15) is 6.04 Å². The van der Waals surface area contributed by atoms with Crippen LogP contribution in [0.2, 0.25) is 0 Å². The standard InChI is InChI=1S/C8H12N2O3/c1-13-7-8(12)10-4-2-3-5(10)6(11)9-7/h5,7H,2-4H2,1H3,(H,9,11)/t5-,7+/m0/s1. The van der Waals surface area contributed by atoms with Crippen molar-refractivity contribution in [3.8, 4) is 0 Å². The molecule has 0 saturated carbocycles. The molecule has 0 spiro atoms. The first kappa shape index (κ1) is 8.50. The Kier molecular flexibility index (Phi) is 1.95. The number of hydrogen-bond acceptors (Lipinski definition) is 3. The first-order valence-corrected chi connectivity index (χ1v) is 4.37. The largest absolute Gasteiger partial charge is 0.353 e. The number of methoxy groups -OCH3 is 1. The van der Waals surface area contributed by atoms with E-state index in [-0.39, 0.29) is 17.9 Å². The molecule has 0 aromatic rings. The van der Waals surface area contributed by atoms with Crippen molar-refractivity contribution in [2.75, 3.05) is 13.7 Å². The molecule has 0 aromatic heterocycles. The van der Waals surface area contributed by atoms with Gasteiger partial charge in [0.2, 0.25) is 12.1 Å². The summed E-state index contributed by atoms with van der Waals surface area (Å²) in [4.78, 5) is 24.6. The molecule has 2 aliphatic heterocycles. The predicted octanol–water partition coefficient (Wildman–Crippen LogP) is -0.920. The van der Waals surface area contributed by atoms with E-state index < -0.39 is 6.23 Å². The third-order valence-corrected chi connectivity index (χ3v) is 2.57. The Balaban J connectivity index is 2.19. The normalized spacial score (nSPS) is 33.2. The van der Waals surface area contributed by atoms with Crippen molar-refractivity contribution in [3.05, 3.63) is 0 Å². The summed E-state index contributed by atoms with van der Waals surface area (Å²) >= 11 is 0. The van der Waals surface area contributed by atoms with Crippen molar-refractivity contribution in [2.24, 2.45) is 0 Å². The number of rotatable bonds is 1. The predicted molar refractivity (Wildman–Crippen MR) is 43.7 cm³/mol. The molecule has 2 fully saturated rings. The highest BCUT2D eigenvalue weighted by molar-refractivity contribution is 5.96. The first-order chi connectivity index (χ1) is 6.24. The maximum Gasteiger partial charge on any atom is 0.273 e. The summed E-state index contributed by atoms with van der Waals surface area (Å²) < 4.78 is 4.86. The fourth-order valence-corrected chi connectivity index (χ4v) is 1.90. The molecule has 2 saturated heterocycles. The van der Waals surface area contributed by atoms with Gasteiger partial charge in [-0.15, -0.1) is 0 Å². The lowest BCUT2D eigenvalue weighted by Crippen LogP contribution is -2.61. The quantitative estimate of drug-likeness (QED) is 0.573. The molecular weight excluding hydrogens is 172 g/mol. The van der Waals surface area contributed by atoms with Crippen LogP contribution in [0, 0.1) is 0 Å². The van der Waals surface area contributed by atoms with E-state index in [0.29, 0.717) is 6.54 Å². The molecule has 72 valence electrons. The highest BCUT2D eigenvalue weighted by Crippen LogP contribution is 2.21. The number of hydrogen-bond donors (Lipinski definition) is 1. The summed E-state index contributed by atoms with van der Waals surface area (Å²) in [5.74, 6) is -0.214. The molecule has 5 heteroatoms. The van der Waals surface area contributed by atoms with Gasteiger partial charge in [-0.25, -0.2) is 0 Å². The molecule has 0 unspecified atom stereocenters. The van der Waals surface area contributed by atoms with Gasteiger partial charge >= 0.3 is 0 Å². The van der Waals surface area contributed by atoms with Gasteiger partial charge in [-0.2, -0.15) is 0 Å². The van der Waals surface area contributed by atoms with E-state index in [0.717, 1.165) is 12.8 Å². The van der Waals surface area contributed by atoms with Crippen LogP contribution in [-0.4, -0.2) is 42.6 Å². The number of carbonyl (C=O) groups excluding carboxylic acids is 2. The smallest absolute Gasteiger partial charge is 0.273 e. The number of piperazine rings is 1. The van der Waals surface area contributed by atoms with Gasteiger partial charge in [0.05, 0.1) is 0 Å². The number of amides is 2. The minimum atomic E-state index is -0.776. The summed E-state index contributed by atoms with van der Waals surface area (Å²) in [6, 6.07) is -0.251. The average Bonchev–Trinajstić information content (AvgIpc) is 2.60. The second-order valence-electron chi connectivity index (χ2n) is 3.31. The van der Waals surface area contributed by atoms with E-state index in [4.69, 9.17) is 4.74 Å². The molecular formula is C8H12N2O3. The fraction of sp³-hybridized carbons (Fsp3) is 0.750. The Hall–Kier alpha value is -1.10. The number of carbonyl (C=O) groups is 2. The van der Waals surface area contributed by atoms with Gasteiger partial charge in [-0.3, -0.25) is 9.59 Å². The molecule has 2 heterocycles. The molecule has 2 atom stereocenters. The van der Waals surface area contributed by atoms with E-state index in [1.165, 1.54) is 7.11 Å². The van der Waals surface area contributed by atoms with Crippen LogP contribution in [0.5, 0.6) is 0 Å². The summed E-state index contributed by atoms with van der Waals surface area (Å²) in [6.07, 6.45) is 0.899. The molecule has 13 heavy (non-hydrogen) atoms. The van der Waals surface area contributed by atoms with Crippen LogP contribution in [0.25, 0.3) is 0 Å². The second kappa shape index (κ2) is 2.99. The topological polar surface area (TPSA) is 58.6 Å². The van der Waals surface area contributed by atoms with Gasteiger partial charge in [-0.05, 0) is 12.8 Å². The SMILES string of the molecule is CO[C@H]1NC(=O)[C@@H]2CCCN2C1=O. The van der Waals surface area contributed by atoms with Crippen LogP contribution in [-0.2, 0) is 14.3 Å². The summed E-state index contributed by atoms with van der Waals surface area (Å²) in [6.45, 7) is 0.677. The molecule has 1 N–H and O–H groups in total. The van der Waals surface area contributed by atoms with E-state index in [2.05, 4.69) is 5.32 Å². The highest BCUT2D eigenvalue weighted by atomic mass is 16.5. The Morgan fingerprint density at radius 2 is 2.31 bits per heavy atom. The van der Waals surface area contributed by atoms with Crippen molar-refractivity contribution in [1.82, 2.24) is 10.2 Å². The van der Waals surface area contributed by atoms with Gasteiger partial charge in [0.25, 0.3) is 5.91 Å². The lowest BCUT2D eigenvalue weighted by molar-refractivity contribution is -0.158. The molecule has 0 radical (unpaired) electrons. The van der Waals surface area contributed by atoms with Crippen molar-refractivity contribution < 1.29 is 14.3 Å². The molecule has 2 rings (SSSR count). The van der Waals surface area contributed by atoms with Crippen molar-refractivity contribution in [3.63, 3.8) is 0 Å². The van der Waals surface area contributed by atoms with Crippen molar-refractivity contribution in [1.29, 1.82) is 0 Å². The molecule has 0 aromatic carbocycles. The zero-order chi connectivity index (χ0) is 9.42. The summed E-state index contributed by atoms with van der Waals surface area (Å²) in [5, 5.41) is 2.53. The maximum absolute atomic E-state index is 11.6. The summed E-state index contributed by atoms with van der Waals surface area (Å²) in [5.41, 5.74) is 0. The van der Waals surface area contributed by atoms with Crippen LogP contribution in [0.3, 0.4) is 0 Å².